The summed E-state index contributed by atoms with van der Waals surface area (Å²) in [6.07, 6.45) is 7.43. The van der Waals surface area contributed by atoms with E-state index >= 15 is 0 Å². The van der Waals surface area contributed by atoms with Crippen LogP contribution in [0, 0.1) is 5.92 Å². The quantitative estimate of drug-likeness (QED) is 0.792. The van der Waals surface area contributed by atoms with Crippen LogP contribution >= 0.6 is 11.8 Å². The predicted octanol–water partition coefficient (Wildman–Crippen LogP) is 1.13. The van der Waals surface area contributed by atoms with Gasteiger partial charge < -0.3 is 5.73 Å². The maximum atomic E-state index is 11.5. The molecule has 1 fully saturated rings. The first-order valence-electron chi connectivity index (χ1n) is 6.13. The Morgan fingerprint density at radius 1 is 1.53 bits per heavy atom. The highest BCUT2D eigenvalue weighted by atomic mass is 32.2. The van der Waals surface area contributed by atoms with E-state index in [0.29, 0.717) is 19.0 Å². The van der Waals surface area contributed by atoms with Gasteiger partial charge in [0, 0.05) is 19.1 Å². The van der Waals surface area contributed by atoms with Gasteiger partial charge in [-0.15, -0.1) is 0 Å². The van der Waals surface area contributed by atoms with Crippen LogP contribution in [0.1, 0.15) is 25.7 Å². The molecule has 2 N–H and O–H groups in total. The molecule has 102 valence electrons. The van der Waals surface area contributed by atoms with E-state index in [-0.39, 0.29) is 6.04 Å². The lowest BCUT2D eigenvalue weighted by Crippen LogP contribution is -2.41. The first kappa shape index (κ1) is 15.3. The summed E-state index contributed by atoms with van der Waals surface area (Å²) >= 11 is 1.81. The van der Waals surface area contributed by atoms with Gasteiger partial charge in [0.15, 0.2) is 0 Å². The molecule has 0 aromatic carbocycles. The number of nitrogens with two attached hydrogens (primary N) is 1. The van der Waals surface area contributed by atoms with Crippen molar-refractivity contribution in [3.8, 4) is 0 Å². The maximum Gasteiger partial charge on any atom is 0.211 e. The number of piperidine rings is 1. The predicted molar refractivity (Wildman–Crippen MR) is 74.7 cm³/mol. The number of thioether (sulfide) groups is 1. The zero-order valence-corrected chi connectivity index (χ0v) is 12.4. The van der Waals surface area contributed by atoms with Crippen molar-refractivity contribution < 1.29 is 8.42 Å². The summed E-state index contributed by atoms with van der Waals surface area (Å²) in [5.41, 5.74) is 6.06. The molecular formula is C11H24N2O2S2. The fraction of sp³-hybridized carbons (Fsp3) is 1.00. The monoisotopic (exact) mass is 280 g/mol. The lowest BCUT2D eigenvalue weighted by molar-refractivity contribution is 0.245. The van der Waals surface area contributed by atoms with Crippen LogP contribution in [-0.2, 0) is 10.0 Å². The molecule has 1 heterocycles. The summed E-state index contributed by atoms with van der Waals surface area (Å²) < 4.78 is 24.6. The molecule has 0 radical (unpaired) electrons. The lowest BCUT2D eigenvalue weighted by atomic mass is 9.92. The zero-order valence-electron chi connectivity index (χ0n) is 10.8. The molecule has 0 aliphatic carbocycles. The SMILES string of the molecule is CSCCC(N)CC1CCCN(S(C)(=O)=O)C1. The Labute approximate surface area is 109 Å². The smallest absolute Gasteiger partial charge is 0.211 e. The Kier molecular flexibility index (Phi) is 6.26. The molecule has 0 aromatic rings. The molecule has 1 saturated heterocycles. The second kappa shape index (κ2) is 6.97. The van der Waals surface area contributed by atoms with Crippen molar-refractivity contribution in [1.82, 2.24) is 4.31 Å². The third-order valence-electron chi connectivity index (χ3n) is 3.28. The molecule has 0 spiro atoms. The summed E-state index contributed by atoms with van der Waals surface area (Å²) in [5, 5.41) is 0. The van der Waals surface area contributed by atoms with E-state index in [1.54, 1.807) is 4.31 Å². The van der Waals surface area contributed by atoms with Gasteiger partial charge in [-0.2, -0.15) is 11.8 Å². The van der Waals surface area contributed by atoms with Crippen LogP contribution in [0.15, 0.2) is 0 Å². The summed E-state index contributed by atoms with van der Waals surface area (Å²) in [7, 11) is -3.02. The van der Waals surface area contributed by atoms with E-state index in [0.717, 1.165) is 31.4 Å². The molecule has 0 amide bonds. The van der Waals surface area contributed by atoms with Crippen molar-refractivity contribution in [2.45, 2.75) is 31.7 Å². The fourth-order valence-corrected chi connectivity index (χ4v) is 3.82. The molecule has 1 aliphatic heterocycles. The second-order valence-electron chi connectivity index (χ2n) is 4.91. The van der Waals surface area contributed by atoms with Gasteiger partial charge in [0.05, 0.1) is 6.26 Å². The number of hydrogen-bond donors (Lipinski definition) is 1. The highest BCUT2D eigenvalue weighted by Gasteiger charge is 2.26. The third kappa shape index (κ3) is 5.59. The topological polar surface area (TPSA) is 63.4 Å². The minimum atomic E-state index is -3.02. The number of sulfonamides is 1. The van der Waals surface area contributed by atoms with E-state index in [9.17, 15) is 8.42 Å². The average Bonchev–Trinajstić information content (AvgIpc) is 2.25. The zero-order chi connectivity index (χ0) is 12.9. The van der Waals surface area contributed by atoms with Crippen LogP contribution < -0.4 is 5.73 Å². The fourth-order valence-electron chi connectivity index (χ4n) is 2.34. The number of nitrogens with zero attached hydrogens (tertiary/aromatic N) is 1. The van der Waals surface area contributed by atoms with Gasteiger partial charge in [0.2, 0.25) is 10.0 Å². The van der Waals surface area contributed by atoms with Crippen LogP contribution in [-0.4, -0.2) is 50.1 Å². The molecule has 0 bridgehead atoms. The Morgan fingerprint density at radius 3 is 2.82 bits per heavy atom. The summed E-state index contributed by atoms with van der Waals surface area (Å²) in [6, 6.07) is 0.215. The molecule has 0 saturated carbocycles. The van der Waals surface area contributed by atoms with Gasteiger partial charge in [-0.25, -0.2) is 12.7 Å². The lowest BCUT2D eigenvalue weighted by Gasteiger charge is -2.32. The normalized spacial score (nSPS) is 24.8. The molecule has 6 heteroatoms. The molecule has 1 aliphatic rings. The van der Waals surface area contributed by atoms with Gasteiger partial charge in [0.1, 0.15) is 0 Å². The van der Waals surface area contributed by atoms with E-state index in [1.807, 2.05) is 11.8 Å². The van der Waals surface area contributed by atoms with E-state index in [4.69, 9.17) is 5.73 Å². The molecule has 4 nitrogen and oxygen atoms in total. The highest BCUT2D eigenvalue weighted by Crippen LogP contribution is 2.23. The van der Waals surface area contributed by atoms with Gasteiger partial charge in [-0.05, 0) is 43.6 Å². The summed E-state index contributed by atoms with van der Waals surface area (Å²) in [5.74, 6) is 1.53. The summed E-state index contributed by atoms with van der Waals surface area (Å²) in [6.45, 7) is 1.33. The van der Waals surface area contributed by atoms with Crippen molar-refractivity contribution in [1.29, 1.82) is 0 Å². The Balaban J connectivity index is 2.39. The number of rotatable bonds is 6. The van der Waals surface area contributed by atoms with Gasteiger partial charge in [-0.1, -0.05) is 0 Å². The van der Waals surface area contributed by atoms with Crippen LogP contribution in [0.25, 0.3) is 0 Å². The van der Waals surface area contributed by atoms with Crippen molar-refractivity contribution in [2.24, 2.45) is 11.7 Å². The second-order valence-corrected chi connectivity index (χ2v) is 7.87. The average molecular weight is 280 g/mol. The van der Waals surface area contributed by atoms with Gasteiger partial charge in [-0.3, -0.25) is 0 Å². The Hall–Kier alpha value is 0.220. The minimum Gasteiger partial charge on any atom is -0.328 e. The van der Waals surface area contributed by atoms with Crippen molar-refractivity contribution >= 4 is 21.8 Å². The van der Waals surface area contributed by atoms with Crippen LogP contribution in [0.4, 0.5) is 0 Å². The van der Waals surface area contributed by atoms with Crippen molar-refractivity contribution in [3.63, 3.8) is 0 Å². The summed E-state index contributed by atoms with van der Waals surface area (Å²) in [4.78, 5) is 0. The van der Waals surface area contributed by atoms with Crippen LogP contribution in [0.3, 0.4) is 0 Å². The first-order chi connectivity index (χ1) is 7.93. The first-order valence-corrected chi connectivity index (χ1v) is 9.37. The molecule has 0 aromatic heterocycles. The largest absolute Gasteiger partial charge is 0.328 e. The van der Waals surface area contributed by atoms with Gasteiger partial charge in [0.25, 0.3) is 0 Å². The standard InChI is InChI=1S/C11H24N2O2S2/c1-16-7-5-11(12)8-10-4-3-6-13(9-10)17(2,14)15/h10-11H,3-9,12H2,1-2H3. The molecule has 2 atom stereocenters. The molecule has 2 unspecified atom stereocenters. The Bertz CT molecular complexity index is 319. The minimum absolute atomic E-state index is 0.215. The maximum absolute atomic E-state index is 11.5. The van der Waals surface area contributed by atoms with Crippen molar-refractivity contribution in [2.75, 3.05) is 31.4 Å². The van der Waals surface area contributed by atoms with Crippen molar-refractivity contribution in [3.05, 3.63) is 0 Å². The van der Waals surface area contributed by atoms with Gasteiger partial charge >= 0.3 is 0 Å². The Morgan fingerprint density at radius 2 is 2.24 bits per heavy atom. The molecular weight excluding hydrogens is 256 g/mol. The molecule has 1 rings (SSSR count). The highest BCUT2D eigenvalue weighted by molar-refractivity contribution is 7.98. The van der Waals surface area contributed by atoms with Crippen LogP contribution in [0.5, 0.6) is 0 Å². The molecule has 17 heavy (non-hydrogen) atoms. The van der Waals surface area contributed by atoms with E-state index in [1.165, 1.54) is 6.26 Å². The number of hydrogen-bond acceptors (Lipinski definition) is 4. The van der Waals surface area contributed by atoms with E-state index in [2.05, 4.69) is 6.26 Å². The third-order valence-corrected chi connectivity index (χ3v) is 5.19. The van der Waals surface area contributed by atoms with Crippen LogP contribution in [0.2, 0.25) is 0 Å². The van der Waals surface area contributed by atoms with E-state index < -0.39 is 10.0 Å².